The van der Waals surface area contributed by atoms with E-state index in [1.807, 2.05) is 6.92 Å². The molecule has 2 aromatic carbocycles. The Balaban J connectivity index is 1.90. The number of hydrogen-bond donors (Lipinski definition) is 2. The lowest BCUT2D eigenvalue weighted by molar-refractivity contribution is 0.480. The van der Waals surface area contributed by atoms with E-state index >= 15 is 0 Å². The second kappa shape index (κ2) is 10.1. The van der Waals surface area contributed by atoms with Gasteiger partial charge in [-0.1, -0.05) is 53.3 Å². The number of rotatable bonds is 8. The minimum atomic E-state index is -4.05. The van der Waals surface area contributed by atoms with Gasteiger partial charge in [-0.3, -0.25) is 0 Å². The zero-order valence-electron chi connectivity index (χ0n) is 16.0. The van der Waals surface area contributed by atoms with Gasteiger partial charge in [0, 0.05) is 17.6 Å². The maximum Gasteiger partial charge on any atom is 0.265 e. The highest BCUT2D eigenvalue weighted by molar-refractivity contribution is 7.92. The minimum absolute atomic E-state index is 0.0242. The van der Waals surface area contributed by atoms with Crippen molar-refractivity contribution in [3.8, 4) is 11.5 Å². The van der Waals surface area contributed by atoms with Crippen molar-refractivity contribution in [3.63, 3.8) is 0 Å². The number of nitrogens with one attached hydrogen (secondary N) is 2. The van der Waals surface area contributed by atoms with Crippen LogP contribution < -0.4 is 14.8 Å². The maximum absolute atomic E-state index is 12.7. The number of aromatic nitrogens is 2. The second-order valence-electron chi connectivity index (χ2n) is 6.19. The van der Waals surface area contributed by atoms with Crippen molar-refractivity contribution >= 4 is 68.2 Å². The van der Waals surface area contributed by atoms with Crippen LogP contribution in [-0.2, 0) is 10.0 Å². The van der Waals surface area contributed by atoms with Crippen LogP contribution in [0.4, 0.5) is 11.8 Å². The van der Waals surface area contributed by atoms with Crippen LogP contribution in [0.1, 0.15) is 13.3 Å². The lowest BCUT2D eigenvalue weighted by atomic mass is 10.3. The van der Waals surface area contributed by atoms with Crippen LogP contribution in [-0.4, -0.2) is 24.9 Å². The molecule has 0 radical (unpaired) electrons. The van der Waals surface area contributed by atoms with Crippen molar-refractivity contribution in [3.05, 3.63) is 62.7 Å². The first-order chi connectivity index (χ1) is 14.7. The Bertz CT molecular complexity index is 1210. The summed E-state index contributed by atoms with van der Waals surface area (Å²) in [7, 11) is -4.05. The normalized spacial score (nSPS) is 11.3. The second-order valence-corrected chi connectivity index (χ2v) is 9.50. The summed E-state index contributed by atoms with van der Waals surface area (Å²) in [4.78, 5) is 8.13. The molecule has 0 aliphatic carbocycles. The Morgan fingerprint density at radius 2 is 1.77 bits per heavy atom. The molecule has 0 spiro atoms. The maximum atomic E-state index is 12.7. The van der Waals surface area contributed by atoms with Crippen LogP contribution in [0.3, 0.4) is 0 Å². The van der Waals surface area contributed by atoms with Gasteiger partial charge in [0.15, 0.2) is 11.6 Å². The predicted molar refractivity (Wildman–Crippen MR) is 125 cm³/mol. The van der Waals surface area contributed by atoms with Gasteiger partial charge in [-0.25, -0.2) is 18.1 Å². The molecule has 0 aliphatic heterocycles. The third kappa shape index (κ3) is 6.05. The van der Waals surface area contributed by atoms with E-state index in [4.69, 9.17) is 51.1 Å². The standard InChI is InChI=1S/C19H16Cl4N4O3S/c1-2-7-24-18-16(30-12-4-5-13(21)14(22)9-12)10-25-19(26-18)27-31(28,29)17-6-3-11(20)8-15(17)23/h3-6,8-10H,2,7H2,1H3,(H2,24,25,26,27). The fraction of sp³-hybridized carbons (Fsp3) is 0.158. The monoisotopic (exact) mass is 520 g/mol. The van der Waals surface area contributed by atoms with Crippen LogP contribution in [0.15, 0.2) is 47.5 Å². The van der Waals surface area contributed by atoms with Gasteiger partial charge < -0.3 is 10.1 Å². The zero-order chi connectivity index (χ0) is 22.6. The van der Waals surface area contributed by atoms with Crippen LogP contribution in [0.25, 0.3) is 0 Å². The molecular formula is C19H16Cl4N4O3S. The first-order valence-electron chi connectivity index (χ1n) is 8.91. The number of benzene rings is 2. The number of nitrogens with zero attached hydrogens (tertiary/aromatic N) is 2. The van der Waals surface area contributed by atoms with Crippen LogP contribution in [0, 0.1) is 0 Å². The van der Waals surface area contributed by atoms with E-state index in [1.54, 1.807) is 18.2 Å². The SMILES string of the molecule is CCCNc1nc(NS(=O)(=O)c2ccc(Cl)cc2Cl)ncc1Oc1ccc(Cl)c(Cl)c1. The first kappa shape index (κ1) is 23.7. The Morgan fingerprint density at radius 3 is 2.45 bits per heavy atom. The van der Waals surface area contributed by atoms with Crippen molar-refractivity contribution in [1.82, 2.24) is 9.97 Å². The molecule has 0 saturated carbocycles. The third-order valence-corrected chi connectivity index (χ3v) is 6.61. The molecule has 0 aliphatic rings. The molecule has 12 heteroatoms. The highest BCUT2D eigenvalue weighted by atomic mass is 35.5. The average molecular weight is 522 g/mol. The molecule has 3 rings (SSSR count). The largest absolute Gasteiger partial charge is 0.452 e. The van der Waals surface area contributed by atoms with Gasteiger partial charge in [0.25, 0.3) is 10.0 Å². The van der Waals surface area contributed by atoms with E-state index in [2.05, 4.69) is 20.0 Å². The topological polar surface area (TPSA) is 93.2 Å². The summed E-state index contributed by atoms with van der Waals surface area (Å²) in [5, 5.41) is 4.09. The summed E-state index contributed by atoms with van der Waals surface area (Å²) in [6.45, 7) is 2.55. The highest BCUT2D eigenvalue weighted by Crippen LogP contribution is 2.33. The molecule has 7 nitrogen and oxygen atoms in total. The molecule has 0 unspecified atom stereocenters. The average Bonchev–Trinajstić information content (AvgIpc) is 2.70. The summed E-state index contributed by atoms with van der Waals surface area (Å²) in [6.07, 6.45) is 2.15. The van der Waals surface area contributed by atoms with Gasteiger partial charge in [-0.15, -0.1) is 0 Å². The summed E-state index contributed by atoms with van der Waals surface area (Å²) in [5.41, 5.74) is 0. The van der Waals surface area contributed by atoms with Gasteiger partial charge in [-0.2, -0.15) is 4.98 Å². The summed E-state index contributed by atoms with van der Waals surface area (Å²) in [6, 6.07) is 8.83. The molecule has 1 heterocycles. The Labute approximate surface area is 199 Å². The molecule has 2 N–H and O–H groups in total. The Hall–Kier alpha value is -1.97. The fourth-order valence-corrected chi connectivity index (χ4v) is 4.41. The number of sulfonamides is 1. The number of halogens is 4. The van der Waals surface area contributed by atoms with E-state index in [0.29, 0.717) is 33.2 Å². The lowest BCUT2D eigenvalue weighted by Crippen LogP contribution is -2.16. The van der Waals surface area contributed by atoms with Crippen LogP contribution in [0.2, 0.25) is 20.1 Å². The lowest BCUT2D eigenvalue weighted by Gasteiger charge is -2.14. The van der Waals surface area contributed by atoms with E-state index in [-0.39, 0.29) is 21.6 Å². The number of ether oxygens (including phenoxy) is 1. The van der Waals surface area contributed by atoms with Crippen molar-refractivity contribution in [1.29, 1.82) is 0 Å². The highest BCUT2D eigenvalue weighted by Gasteiger charge is 2.21. The van der Waals surface area contributed by atoms with Gasteiger partial charge in [0.05, 0.1) is 21.3 Å². The summed E-state index contributed by atoms with van der Waals surface area (Å²) >= 11 is 23.8. The molecule has 31 heavy (non-hydrogen) atoms. The van der Waals surface area contributed by atoms with Crippen LogP contribution >= 0.6 is 46.4 Å². The van der Waals surface area contributed by atoms with Crippen molar-refractivity contribution in [2.24, 2.45) is 0 Å². The molecule has 1 aromatic heterocycles. The van der Waals surface area contributed by atoms with E-state index < -0.39 is 10.0 Å². The van der Waals surface area contributed by atoms with Crippen molar-refractivity contribution < 1.29 is 13.2 Å². The van der Waals surface area contributed by atoms with Gasteiger partial charge in [0.2, 0.25) is 5.95 Å². The summed E-state index contributed by atoms with van der Waals surface area (Å²) < 4.78 is 33.5. The van der Waals surface area contributed by atoms with Crippen molar-refractivity contribution in [2.75, 3.05) is 16.6 Å². The molecular weight excluding hydrogens is 506 g/mol. The van der Waals surface area contributed by atoms with Gasteiger partial charge >= 0.3 is 0 Å². The molecule has 0 bridgehead atoms. The summed E-state index contributed by atoms with van der Waals surface area (Å²) in [5.74, 6) is 0.826. The fourth-order valence-electron chi connectivity index (χ4n) is 2.40. The molecule has 0 atom stereocenters. The Morgan fingerprint density at radius 1 is 1.00 bits per heavy atom. The third-order valence-electron chi connectivity index (χ3n) is 3.83. The minimum Gasteiger partial charge on any atom is -0.452 e. The molecule has 3 aromatic rings. The van der Waals surface area contributed by atoms with Crippen molar-refractivity contribution in [2.45, 2.75) is 18.2 Å². The van der Waals surface area contributed by atoms with E-state index in [1.165, 1.54) is 24.4 Å². The van der Waals surface area contributed by atoms with Gasteiger partial charge in [0.1, 0.15) is 10.6 Å². The quantitative estimate of drug-likeness (QED) is 0.351. The van der Waals surface area contributed by atoms with Gasteiger partial charge in [-0.05, 0) is 36.8 Å². The predicted octanol–water partition coefficient (Wildman–Crippen LogP) is 6.51. The molecule has 164 valence electrons. The zero-order valence-corrected chi connectivity index (χ0v) is 19.8. The Kier molecular flexibility index (Phi) is 7.72. The van der Waals surface area contributed by atoms with Crippen LogP contribution in [0.5, 0.6) is 11.5 Å². The smallest absolute Gasteiger partial charge is 0.265 e. The number of anilines is 2. The van der Waals surface area contributed by atoms with E-state index in [0.717, 1.165) is 6.42 Å². The van der Waals surface area contributed by atoms with E-state index in [9.17, 15) is 8.42 Å². The molecule has 0 saturated heterocycles. The number of hydrogen-bond acceptors (Lipinski definition) is 6. The molecule has 0 amide bonds. The first-order valence-corrected chi connectivity index (χ1v) is 11.9. The molecule has 0 fully saturated rings.